The molecule has 0 saturated carbocycles. The molecule has 60 heavy (non-hydrogen) atoms. The van der Waals surface area contributed by atoms with Gasteiger partial charge in [-0.2, -0.15) is 0 Å². The zero-order valence-electron chi connectivity index (χ0n) is 32.4. The van der Waals surface area contributed by atoms with E-state index in [9.17, 15) is 0 Å². The summed E-state index contributed by atoms with van der Waals surface area (Å²) in [5.74, 6) is 0. The summed E-state index contributed by atoms with van der Waals surface area (Å²) < 4.78 is 0. The van der Waals surface area contributed by atoms with Crippen LogP contribution in [0, 0.1) is 0 Å². The van der Waals surface area contributed by atoms with Crippen LogP contribution in [-0.4, -0.2) is 0 Å². The third-order valence-electron chi connectivity index (χ3n) is 9.98. The van der Waals surface area contributed by atoms with E-state index in [0.29, 0.717) is 10.0 Å². The minimum atomic E-state index is 0.605. The Labute approximate surface area is 370 Å². The first-order valence-electron chi connectivity index (χ1n) is 19.6. The topological polar surface area (TPSA) is 6.48 Å². The molecular formula is C54H38Cl2N2S2. The number of anilines is 6. The SMILES string of the molecule is Clc1cc(Cl)cc(Sc2cccc(N(c3cc(Sc4ccccc4)cc(N(c4ccccc4)c4ccccc4)c3)c3c(-c4ccccc4)cccc3-c3ccccc3)c2)c1. The van der Waals surface area contributed by atoms with Crippen LogP contribution in [0.3, 0.4) is 0 Å². The van der Waals surface area contributed by atoms with Gasteiger partial charge in [0.2, 0.25) is 0 Å². The summed E-state index contributed by atoms with van der Waals surface area (Å²) in [7, 11) is 0. The van der Waals surface area contributed by atoms with E-state index in [4.69, 9.17) is 23.2 Å². The number of hydrogen-bond donors (Lipinski definition) is 0. The van der Waals surface area contributed by atoms with E-state index < -0.39 is 0 Å². The normalized spacial score (nSPS) is 11.0. The highest BCUT2D eigenvalue weighted by Gasteiger charge is 2.25. The molecule has 0 spiro atoms. The maximum absolute atomic E-state index is 6.50. The van der Waals surface area contributed by atoms with Crippen LogP contribution in [0.4, 0.5) is 34.1 Å². The minimum Gasteiger partial charge on any atom is -0.310 e. The van der Waals surface area contributed by atoms with Crippen molar-refractivity contribution in [3.05, 3.63) is 241 Å². The quantitative estimate of drug-likeness (QED) is 0.121. The standard InChI is InChI=1S/C54H38Cl2N2S2/c55-41-32-42(56)34-50(33-41)60-49-29-16-26-45(36-49)58(54-52(39-18-6-1-7-19-39)30-17-31-53(54)40-20-8-2-9-21-40)47-35-46(37-51(38-47)59-48-27-14-5-15-28-48)57(43-22-10-3-11-23-43)44-24-12-4-13-25-44/h1-38H. The van der Waals surface area contributed by atoms with Gasteiger partial charge in [-0.3, -0.25) is 0 Å². The fraction of sp³-hybridized carbons (Fsp3) is 0. The summed E-state index contributed by atoms with van der Waals surface area (Å²) in [6, 6.07) is 81.2. The van der Waals surface area contributed by atoms with Crippen LogP contribution in [0.15, 0.2) is 250 Å². The van der Waals surface area contributed by atoms with Gasteiger partial charge in [-0.25, -0.2) is 0 Å². The first-order chi connectivity index (χ1) is 29.6. The zero-order valence-corrected chi connectivity index (χ0v) is 35.6. The lowest BCUT2D eigenvalue weighted by molar-refractivity contribution is 1.21. The summed E-state index contributed by atoms with van der Waals surface area (Å²) in [5.41, 5.74) is 10.7. The highest BCUT2D eigenvalue weighted by molar-refractivity contribution is 7.99. The Bertz CT molecular complexity index is 2720. The van der Waals surface area contributed by atoms with Gasteiger partial charge >= 0.3 is 0 Å². The van der Waals surface area contributed by atoms with E-state index in [0.717, 1.165) is 76.0 Å². The van der Waals surface area contributed by atoms with Crippen LogP contribution in [0.1, 0.15) is 0 Å². The number of nitrogens with zero attached hydrogens (tertiary/aromatic N) is 2. The monoisotopic (exact) mass is 848 g/mol. The number of rotatable bonds is 12. The van der Waals surface area contributed by atoms with Gasteiger partial charge in [-0.15, -0.1) is 0 Å². The Morgan fingerprint density at radius 3 is 1.23 bits per heavy atom. The molecule has 0 amide bonds. The van der Waals surface area contributed by atoms with E-state index in [1.165, 1.54) is 0 Å². The van der Waals surface area contributed by atoms with Crippen LogP contribution >= 0.6 is 46.7 Å². The van der Waals surface area contributed by atoms with Crippen molar-refractivity contribution in [2.75, 3.05) is 9.80 Å². The molecule has 0 radical (unpaired) electrons. The maximum atomic E-state index is 6.50. The van der Waals surface area contributed by atoms with Gasteiger partial charge in [-0.1, -0.05) is 186 Å². The van der Waals surface area contributed by atoms with Crippen molar-refractivity contribution in [1.82, 2.24) is 0 Å². The summed E-state index contributed by atoms with van der Waals surface area (Å²) >= 11 is 16.4. The van der Waals surface area contributed by atoms with Crippen LogP contribution in [-0.2, 0) is 0 Å². The second-order valence-electron chi connectivity index (χ2n) is 14.1. The molecule has 9 rings (SSSR count). The van der Waals surface area contributed by atoms with Crippen molar-refractivity contribution in [1.29, 1.82) is 0 Å². The van der Waals surface area contributed by atoms with E-state index >= 15 is 0 Å². The average Bonchev–Trinajstić information content (AvgIpc) is 3.28. The van der Waals surface area contributed by atoms with Crippen LogP contribution in [0.5, 0.6) is 0 Å². The van der Waals surface area contributed by atoms with Crippen LogP contribution in [0.2, 0.25) is 10.0 Å². The lowest BCUT2D eigenvalue weighted by Crippen LogP contribution is -2.15. The third kappa shape index (κ3) is 9.03. The van der Waals surface area contributed by atoms with Crippen molar-refractivity contribution in [2.24, 2.45) is 0 Å². The number of benzene rings is 9. The second kappa shape index (κ2) is 18.4. The van der Waals surface area contributed by atoms with E-state index in [2.05, 4.69) is 222 Å². The van der Waals surface area contributed by atoms with Crippen molar-refractivity contribution in [2.45, 2.75) is 19.6 Å². The van der Waals surface area contributed by atoms with Gasteiger partial charge < -0.3 is 9.80 Å². The fourth-order valence-corrected chi connectivity index (χ4v) is 9.96. The molecule has 0 fully saturated rings. The molecule has 0 aliphatic carbocycles. The molecule has 0 heterocycles. The highest BCUT2D eigenvalue weighted by Crippen LogP contribution is 2.50. The molecule has 0 unspecified atom stereocenters. The molecule has 9 aromatic rings. The maximum Gasteiger partial charge on any atom is 0.0618 e. The Morgan fingerprint density at radius 1 is 0.283 bits per heavy atom. The molecule has 9 aromatic carbocycles. The molecule has 290 valence electrons. The molecule has 6 heteroatoms. The predicted octanol–water partition coefficient (Wildman–Crippen LogP) is 17.6. The van der Waals surface area contributed by atoms with Crippen molar-refractivity contribution in [3.8, 4) is 22.3 Å². The van der Waals surface area contributed by atoms with Crippen LogP contribution in [0.25, 0.3) is 22.3 Å². The first-order valence-corrected chi connectivity index (χ1v) is 22.0. The molecule has 0 saturated heterocycles. The van der Waals surface area contributed by atoms with Crippen molar-refractivity contribution in [3.63, 3.8) is 0 Å². The number of hydrogen-bond acceptors (Lipinski definition) is 4. The summed E-state index contributed by atoms with van der Waals surface area (Å²) in [4.78, 5) is 9.06. The molecule has 0 atom stereocenters. The second-order valence-corrected chi connectivity index (χ2v) is 17.2. The molecule has 0 N–H and O–H groups in total. The molecular weight excluding hydrogens is 812 g/mol. The summed E-state index contributed by atoms with van der Waals surface area (Å²) in [6.45, 7) is 0. The molecule has 0 aliphatic rings. The van der Waals surface area contributed by atoms with Gasteiger partial charge in [-0.05, 0) is 102 Å². The highest BCUT2D eigenvalue weighted by atomic mass is 35.5. The third-order valence-corrected chi connectivity index (χ3v) is 12.4. The zero-order chi connectivity index (χ0) is 40.7. The summed E-state index contributed by atoms with van der Waals surface area (Å²) in [6.07, 6.45) is 0. The lowest BCUT2D eigenvalue weighted by Gasteiger charge is -2.33. The first kappa shape index (κ1) is 39.3. The lowest BCUT2D eigenvalue weighted by atomic mass is 9.94. The smallest absolute Gasteiger partial charge is 0.0618 e. The van der Waals surface area contributed by atoms with Crippen molar-refractivity contribution >= 4 is 80.8 Å². The molecule has 0 bridgehead atoms. The summed E-state index contributed by atoms with van der Waals surface area (Å²) in [5, 5.41) is 1.21. The Kier molecular flexibility index (Phi) is 12.1. The Hall–Kier alpha value is -6.14. The van der Waals surface area contributed by atoms with E-state index in [-0.39, 0.29) is 0 Å². The average molecular weight is 850 g/mol. The number of para-hydroxylation sites is 3. The Morgan fingerprint density at radius 2 is 0.683 bits per heavy atom. The van der Waals surface area contributed by atoms with Crippen LogP contribution < -0.4 is 9.80 Å². The fourth-order valence-electron chi connectivity index (χ4n) is 7.41. The minimum absolute atomic E-state index is 0.605. The molecule has 2 nitrogen and oxygen atoms in total. The predicted molar refractivity (Wildman–Crippen MR) is 258 cm³/mol. The Balaban J connectivity index is 1.34. The van der Waals surface area contributed by atoms with Gasteiger partial charge in [0, 0.05) is 69.2 Å². The molecule has 0 aliphatic heterocycles. The number of halogens is 2. The van der Waals surface area contributed by atoms with Crippen molar-refractivity contribution < 1.29 is 0 Å². The van der Waals surface area contributed by atoms with E-state index in [1.807, 2.05) is 12.1 Å². The molecule has 0 aromatic heterocycles. The van der Waals surface area contributed by atoms with Gasteiger partial charge in [0.25, 0.3) is 0 Å². The largest absolute Gasteiger partial charge is 0.310 e. The van der Waals surface area contributed by atoms with Gasteiger partial charge in [0.15, 0.2) is 0 Å². The van der Waals surface area contributed by atoms with Gasteiger partial charge in [0.05, 0.1) is 5.69 Å². The van der Waals surface area contributed by atoms with Gasteiger partial charge in [0.1, 0.15) is 0 Å². The van der Waals surface area contributed by atoms with E-state index in [1.54, 1.807) is 29.6 Å².